The monoisotopic (exact) mass is 271 g/mol. The fraction of sp³-hybridized carbons (Fsp3) is 0.308. The van der Waals surface area contributed by atoms with E-state index in [2.05, 4.69) is 30.9 Å². The number of para-hydroxylation sites is 2. The van der Waals surface area contributed by atoms with E-state index < -0.39 is 0 Å². The molecule has 0 spiro atoms. The minimum Gasteiger partial charge on any atom is -0.356 e. The van der Waals surface area contributed by atoms with Crippen LogP contribution in [0.3, 0.4) is 0 Å². The van der Waals surface area contributed by atoms with E-state index in [0.717, 1.165) is 29.9 Å². The summed E-state index contributed by atoms with van der Waals surface area (Å²) in [5, 5.41) is 17.2. The van der Waals surface area contributed by atoms with Crippen molar-refractivity contribution in [1.29, 1.82) is 5.26 Å². The number of nitrogens with zero attached hydrogens (tertiary/aromatic N) is 3. The molecule has 0 aliphatic rings. The summed E-state index contributed by atoms with van der Waals surface area (Å²) in [6.45, 7) is 1.49. The molecule has 7 heteroatoms. The standard InChI is InChI=1S/C13H17N7/c1-15-12(18-9-14)16-7-4-8-17-13-19-10-5-2-3-6-11(10)20-13/h2-3,5-6H,4,7-8H2,1H3,(H2,15,16,18)(H2,17,19,20). The Bertz CT molecular complexity index is 590. The molecule has 1 aromatic heterocycles. The van der Waals surface area contributed by atoms with E-state index in [1.54, 1.807) is 7.05 Å². The highest BCUT2D eigenvalue weighted by atomic mass is 15.2. The maximum atomic E-state index is 8.48. The second-order valence-corrected chi connectivity index (χ2v) is 4.12. The molecule has 1 heterocycles. The number of hydrogen-bond acceptors (Lipinski definition) is 4. The van der Waals surface area contributed by atoms with Crippen molar-refractivity contribution in [3.63, 3.8) is 0 Å². The molecule has 104 valence electrons. The first-order valence-electron chi connectivity index (χ1n) is 6.38. The van der Waals surface area contributed by atoms with Crippen LogP contribution >= 0.6 is 0 Å². The maximum absolute atomic E-state index is 8.48. The quantitative estimate of drug-likeness (QED) is 0.214. The Morgan fingerprint density at radius 1 is 1.40 bits per heavy atom. The fourth-order valence-corrected chi connectivity index (χ4v) is 1.77. The average molecular weight is 271 g/mol. The highest BCUT2D eigenvalue weighted by molar-refractivity contribution is 5.80. The Hall–Kier alpha value is -2.75. The molecule has 0 saturated heterocycles. The first-order chi connectivity index (χ1) is 9.83. The number of rotatable bonds is 5. The molecule has 7 nitrogen and oxygen atoms in total. The van der Waals surface area contributed by atoms with Gasteiger partial charge in [0, 0.05) is 20.1 Å². The van der Waals surface area contributed by atoms with E-state index in [0.29, 0.717) is 12.5 Å². The lowest BCUT2D eigenvalue weighted by molar-refractivity contribution is 0.787. The number of hydrogen-bond donors (Lipinski definition) is 4. The van der Waals surface area contributed by atoms with Crippen LogP contribution < -0.4 is 16.0 Å². The highest BCUT2D eigenvalue weighted by Crippen LogP contribution is 2.12. The van der Waals surface area contributed by atoms with Crippen LogP contribution in [-0.2, 0) is 0 Å². The van der Waals surface area contributed by atoms with E-state index in [-0.39, 0.29) is 0 Å². The van der Waals surface area contributed by atoms with Crippen LogP contribution in [0.15, 0.2) is 29.3 Å². The molecule has 0 bridgehead atoms. The van der Waals surface area contributed by atoms with Crippen molar-refractivity contribution in [3.8, 4) is 6.19 Å². The highest BCUT2D eigenvalue weighted by Gasteiger charge is 2.00. The molecule has 0 amide bonds. The van der Waals surface area contributed by atoms with Gasteiger partial charge in [0.25, 0.3) is 0 Å². The van der Waals surface area contributed by atoms with Gasteiger partial charge in [-0.05, 0) is 18.6 Å². The average Bonchev–Trinajstić information content (AvgIpc) is 2.88. The molecule has 20 heavy (non-hydrogen) atoms. The van der Waals surface area contributed by atoms with Gasteiger partial charge in [-0.2, -0.15) is 5.26 Å². The van der Waals surface area contributed by atoms with Crippen LogP contribution in [0.1, 0.15) is 6.42 Å². The normalized spacial score (nSPS) is 11.1. The van der Waals surface area contributed by atoms with Gasteiger partial charge in [-0.1, -0.05) is 12.1 Å². The van der Waals surface area contributed by atoms with Gasteiger partial charge in [-0.3, -0.25) is 10.3 Å². The summed E-state index contributed by atoms with van der Waals surface area (Å²) < 4.78 is 0. The van der Waals surface area contributed by atoms with E-state index in [1.165, 1.54) is 0 Å². The summed E-state index contributed by atoms with van der Waals surface area (Å²) in [7, 11) is 1.62. The lowest BCUT2D eigenvalue weighted by Crippen LogP contribution is -2.35. The zero-order chi connectivity index (χ0) is 14.2. The van der Waals surface area contributed by atoms with Gasteiger partial charge in [0.1, 0.15) is 0 Å². The number of aromatic amines is 1. The summed E-state index contributed by atoms with van der Waals surface area (Å²) >= 11 is 0. The molecular weight excluding hydrogens is 254 g/mol. The smallest absolute Gasteiger partial charge is 0.204 e. The Morgan fingerprint density at radius 2 is 2.25 bits per heavy atom. The predicted molar refractivity (Wildman–Crippen MR) is 79.3 cm³/mol. The summed E-state index contributed by atoms with van der Waals surface area (Å²) in [5.41, 5.74) is 1.97. The molecule has 2 aromatic rings. The summed E-state index contributed by atoms with van der Waals surface area (Å²) in [6, 6.07) is 7.90. The Balaban J connectivity index is 1.72. The third-order valence-electron chi connectivity index (χ3n) is 2.73. The molecule has 0 fully saturated rings. The van der Waals surface area contributed by atoms with E-state index >= 15 is 0 Å². The van der Waals surface area contributed by atoms with Crippen molar-refractivity contribution in [2.24, 2.45) is 4.99 Å². The number of nitriles is 1. The second-order valence-electron chi connectivity index (χ2n) is 4.12. The Labute approximate surface area is 117 Å². The van der Waals surface area contributed by atoms with Gasteiger partial charge in [-0.15, -0.1) is 0 Å². The van der Waals surface area contributed by atoms with Gasteiger partial charge in [0.15, 0.2) is 6.19 Å². The molecule has 0 radical (unpaired) electrons. The summed E-state index contributed by atoms with van der Waals surface area (Å²) in [6.07, 6.45) is 2.70. The number of H-pyrrole nitrogens is 1. The number of fused-ring (bicyclic) bond motifs is 1. The van der Waals surface area contributed by atoms with Gasteiger partial charge in [0.05, 0.1) is 11.0 Å². The molecule has 4 N–H and O–H groups in total. The minimum atomic E-state index is 0.483. The molecule has 0 saturated carbocycles. The maximum Gasteiger partial charge on any atom is 0.204 e. The number of anilines is 1. The van der Waals surface area contributed by atoms with Crippen LogP contribution in [-0.4, -0.2) is 36.1 Å². The first kappa shape index (κ1) is 13.7. The van der Waals surface area contributed by atoms with Crippen molar-refractivity contribution >= 4 is 22.9 Å². The number of aliphatic imine (C=N–C) groups is 1. The van der Waals surface area contributed by atoms with E-state index in [4.69, 9.17) is 5.26 Å². The number of nitrogens with one attached hydrogen (secondary N) is 4. The van der Waals surface area contributed by atoms with Gasteiger partial charge < -0.3 is 15.6 Å². The largest absolute Gasteiger partial charge is 0.356 e. The Kier molecular flexibility index (Phi) is 4.78. The number of guanidine groups is 1. The van der Waals surface area contributed by atoms with Crippen molar-refractivity contribution in [1.82, 2.24) is 20.6 Å². The lowest BCUT2D eigenvalue weighted by Gasteiger charge is -2.07. The number of aromatic nitrogens is 2. The van der Waals surface area contributed by atoms with Crippen LogP contribution in [0.2, 0.25) is 0 Å². The number of imidazole rings is 1. The molecule has 1 aromatic carbocycles. The molecule has 0 unspecified atom stereocenters. The third-order valence-corrected chi connectivity index (χ3v) is 2.73. The SMILES string of the molecule is CN=C(NC#N)NCCCNc1nc2ccccc2[nH]1. The number of benzene rings is 1. The Morgan fingerprint density at radius 3 is 3.00 bits per heavy atom. The zero-order valence-electron chi connectivity index (χ0n) is 11.3. The molecule has 2 rings (SSSR count). The van der Waals surface area contributed by atoms with Crippen molar-refractivity contribution in [3.05, 3.63) is 24.3 Å². The third kappa shape index (κ3) is 3.62. The molecule has 0 aliphatic heterocycles. The fourth-order valence-electron chi connectivity index (χ4n) is 1.77. The van der Waals surface area contributed by atoms with Crippen molar-refractivity contribution < 1.29 is 0 Å². The zero-order valence-corrected chi connectivity index (χ0v) is 11.3. The van der Waals surface area contributed by atoms with Gasteiger partial charge in [0.2, 0.25) is 11.9 Å². The lowest BCUT2D eigenvalue weighted by atomic mass is 10.3. The molecular formula is C13H17N7. The van der Waals surface area contributed by atoms with Crippen LogP contribution in [0.25, 0.3) is 11.0 Å². The topological polar surface area (TPSA) is 101 Å². The van der Waals surface area contributed by atoms with Crippen LogP contribution in [0.4, 0.5) is 5.95 Å². The minimum absolute atomic E-state index is 0.483. The molecule has 0 atom stereocenters. The van der Waals surface area contributed by atoms with Gasteiger partial charge >= 0.3 is 0 Å². The van der Waals surface area contributed by atoms with E-state index in [1.807, 2.05) is 30.5 Å². The van der Waals surface area contributed by atoms with Crippen LogP contribution in [0, 0.1) is 11.5 Å². The van der Waals surface area contributed by atoms with Gasteiger partial charge in [-0.25, -0.2) is 4.98 Å². The van der Waals surface area contributed by atoms with Crippen LogP contribution in [0.5, 0.6) is 0 Å². The summed E-state index contributed by atoms with van der Waals surface area (Å²) in [5.74, 6) is 1.25. The summed E-state index contributed by atoms with van der Waals surface area (Å²) in [4.78, 5) is 11.5. The van der Waals surface area contributed by atoms with Crippen molar-refractivity contribution in [2.45, 2.75) is 6.42 Å². The first-order valence-corrected chi connectivity index (χ1v) is 6.38. The van der Waals surface area contributed by atoms with Crippen molar-refractivity contribution in [2.75, 3.05) is 25.5 Å². The second kappa shape index (κ2) is 6.99. The molecule has 0 aliphatic carbocycles. The predicted octanol–water partition coefficient (Wildman–Crippen LogP) is 1.01. The van der Waals surface area contributed by atoms with E-state index in [9.17, 15) is 0 Å².